The number of rotatable bonds is 6. The Morgan fingerprint density at radius 2 is 1.95 bits per heavy atom. The molecule has 0 spiro atoms. The second kappa shape index (κ2) is 6.50. The third-order valence-corrected chi connectivity index (χ3v) is 4.87. The quantitative estimate of drug-likeness (QED) is 0.842. The largest absolute Gasteiger partial charge is 0.395 e. The van der Waals surface area contributed by atoms with Crippen LogP contribution in [-0.2, 0) is 10.0 Å². The second-order valence-electron chi connectivity index (χ2n) is 5.09. The number of hydrogen-bond donors (Lipinski definition) is 2. The predicted octanol–water partition coefficient (Wildman–Crippen LogP) is 2.17. The summed E-state index contributed by atoms with van der Waals surface area (Å²) in [6, 6.07) is 5.05. The van der Waals surface area contributed by atoms with Crippen LogP contribution < -0.4 is 4.72 Å². The summed E-state index contributed by atoms with van der Waals surface area (Å²) in [6.45, 7) is 7.46. The molecule has 0 saturated carbocycles. The summed E-state index contributed by atoms with van der Waals surface area (Å²) in [5.74, 6) is 0.273. The van der Waals surface area contributed by atoms with Crippen LogP contribution in [0, 0.1) is 6.92 Å². The van der Waals surface area contributed by atoms with E-state index in [1.165, 1.54) is 0 Å². The highest BCUT2D eigenvalue weighted by atomic mass is 32.2. The summed E-state index contributed by atoms with van der Waals surface area (Å²) >= 11 is 0. The van der Waals surface area contributed by atoms with Crippen LogP contribution in [0.3, 0.4) is 0 Å². The van der Waals surface area contributed by atoms with Gasteiger partial charge >= 0.3 is 0 Å². The van der Waals surface area contributed by atoms with Gasteiger partial charge in [-0.05, 0) is 36.5 Å². The molecule has 0 aliphatic carbocycles. The maximum atomic E-state index is 12.3. The Labute approximate surface area is 115 Å². The average molecular weight is 285 g/mol. The molecule has 4 nitrogen and oxygen atoms in total. The van der Waals surface area contributed by atoms with Crippen molar-refractivity contribution in [1.82, 2.24) is 4.72 Å². The van der Waals surface area contributed by atoms with Gasteiger partial charge in [-0.2, -0.15) is 0 Å². The third kappa shape index (κ3) is 4.03. The molecule has 1 aromatic rings. The number of benzene rings is 1. The van der Waals surface area contributed by atoms with E-state index in [4.69, 9.17) is 5.11 Å². The van der Waals surface area contributed by atoms with Crippen molar-refractivity contribution in [1.29, 1.82) is 0 Å². The molecule has 0 saturated heterocycles. The first kappa shape index (κ1) is 16.1. The second-order valence-corrected chi connectivity index (χ2v) is 6.77. The van der Waals surface area contributed by atoms with E-state index < -0.39 is 16.1 Å². The smallest absolute Gasteiger partial charge is 0.241 e. The Morgan fingerprint density at radius 1 is 1.32 bits per heavy atom. The van der Waals surface area contributed by atoms with Crippen molar-refractivity contribution in [3.63, 3.8) is 0 Å². The van der Waals surface area contributed by atoms with E-state index in [0.29, 0.717) is 16.9 Å². The van der Waals surface area contributed by atoms with E-state index >= 15 is 0 Å². The number of sulfonamides is 1. The summed E-state index contributed by atoms with van der Waals surface area (Å²) in [6.07, 6.45) is 0.554. The van der Waals surface area contributed by atoms with Gasteiger partial charge in [-0.25, -0.2) is 13.1 Å². The molecule has 0 amide bonds. The Balaban J connectivity index is 3.16. The van der Waals surface area contributed by atoms with Crippen molar-refractivity contribution in [2.45, 2.75) is 51.0 Å². The maximum absolute atomic E-state index is 12.3. The lowest BCUT2D eigenvalue weighted by Gasteiger charge is -2.17. The fourth-order valence-corrected chi connectivity index (χ4v) is 3.39. The fourth-order valence-electron chi connectivity index (χ4n) is 1.80. The SMILES string of the molecule is CC[C@@H](CO)NS(=O)(=O)c1cc(C(C)C)ccc1C. The van der Waals surface area contributed by atoms with Crippen molar-refractivity contribution in [2.75, 3.05) is 6.61 Å². The van der Waals surface area contributed by atoms with E-state index in [1.54, 1.807) is 13.0 Å². The maximum Gasteiger partial charge on any atom is 0.241 e. The first-order chi connectivity index (χ1) is 8.81. The van der Waals surface area contributed by atoms with Crippen molar-refractivity contribution in [3.05, 3.63) is 29.3 Å². The molecule has 0 heterocycles. The molecular formula is C14H23NO3S. The zero-order valence-corrected chi connectivity index (χ0v) is 12.8. The lowest BCUT2D eigenvalue weighted by molar-refractivity contribution is 0.254. The molecule has 108 valence electrons. The Bertz CT molecular complexity index is 519. The lowest BCUT2D eigenvalue weighted by Crippen LogP contribution is -2.37. The van der Waals surface area contributed by atoms with Gasteiger partial charge in [0.1, 0.15) is 0 Å². The van der Waals surface area contributed by atoms with Crippen LogP contribution in [0.1, 0.15) is 44.2 Å². The van der Waals surface area contributed by atoms with Gasteiger partial charge in [-0.1, -0.05) is 32.9 Å². The van der Waals surface area contributed by atoms with Crippen LogP contribution in [0.4, 0.5) is 0 Å². The molecule has 2 N–H and O–H groups in total. The highest BCUT2D eigenvalue weighted by Crippen LogP contribution is 2.22. The van der Waals surface area contributed by atoms with Crippen molar-refractivity contribution in [2.24, 2.45) is 0 Å². The van der Waals surface area contributed by atoms with E-state index in [1.807, 2.05) is 32.9 Å². The highest BCUT2D eigenvalue weighted by Gasteiger charge is 2.21. The van der Waals surface area contributed by atoms with Crippen LogP contribution >= 0.6 is 0 Å². The number of hydrogen-bond acceptors (Lipinski definition) is 3. The first-order valence-electron chi connectivity index (χ1n) is 6.55. The zero-order chi connectivity index (χ0) is 14.6. The van der Waals surface area contributed by atoms with Crippen LogP contribution in [0.5, 0.6) is 0 Å². The monoisotopic (exact) mass is 285 g/mol. The minimum Gasteiger partial charge on any atom is -0.395 e. The summed E-state index contributed by atoms with van der Waals surface area (Å²) < 4.78 is 27.2. The number of aliphatic hydroxyl groups is 1. The number of aryl methyl sites for hydroxylation is 1. The zero-order valence-electron chi connectivity index (χ0n) is 12.0. The van der Waals surface area contributed by atoms with Gasteiger partial charge in [-0.15, -0.1) is 0 Å². The molecule has 0 aromatic heterocycles. The Hall–Kier alpha value is -0.910. The van der Waals surface area contributed by atoms with Crippen LogP contribution in [0.2, 0.25) is 0 Å². The number of nitrogens with one attached hydrogen (secondary N) is 1. The lowest BCUT2D eigenvalue weighted by atomic mass is 10.0. The van der Waals surface area contributed by atoms with Gasteiger partial charge in [0.25, 0.3) is 0 Å². The highest BCUT2D eigenvalue weighted by molar-refractivity contribution is 7.89. The molecule has 1 rings (SSSR count). The van der Waals surface area contributed by atoms with E-state index in [0.717, 1.165) is 5.56 Å². The molecule has 0 unspecified atom stereocenters. The molecule has 0 aliphatic rings. The predicted molar refractivity (Wildman–Crippen MR) is 76.8 cm³/mol. The molecular weight excluding hydrogens is 262 g/mol. The van der Waals surface area contributed by atoms with Crippen molar-refractivity contribution in [3.8, 4) is 0 Å². The fraction of sp³-hybridized carbons (Fsp3) is 0.571. The van der Waals surface area contributed by atoms with E-state index in [2.05, 4.69) is 4.72 Å². The van der Waals surface area contributed by atoms with Gasteiger partial charge in [-0.3, -0.25) is 0 Å². The van der Waals surface area contributed by atoms with Gasteiger partial charge in [0.15, 0.2) is 0 Å². The van der Waals surface area contributed by atoms with Crippen molar-refractivity contribution >= 4 is 10.0 Å². The molecule has 19 heavy (non-hydrogen) atoms. The minimum atomic E-state index is -3.58. The van der Waals surface area contributed by atoms with Crippen LogP contribution in [0.25, 0.3) is 0 Å². The summed E-state index contributed by atoms with van der Waals surface area (Å²) in [4.78, 5) is 0.297. The van der Waals surface area contributed by atoms with Gasteiger partial charge in [0, 0.05) is 6.04 Å². The molecule has 1 aromatic carbocycles. The molecule has 0 radical (unpaired) electrons. The van der Waals surface area contributed by atoms with E-state index in [-0.39, 0.29) is 12.5 Å². The van der Waals surface area contributed by atoms with Crippen LogP contribution in [-0.4, -0.2) is 26.2 Å². The van der Waals surface area contributed by atoms with Gasteiger partial charge in [0.2, 0.25) is 10.0 Å². The third-order valence-electron chi connectivity index (χ3n) is 3.20. The van der Waals surface area contributed by atoms with E-state index in [9.17, 15) is 8.42 Å². The number of aliphatic hydroxyl groups excluding tert-OH is 1. The van der Waals surface area contributed by atoms with Crippen molar-refractivity contribution < 1.29 is 13.5 Å². The van der Waals surface area contributed by atoms with Gasteiger partial charge < -0.3 is 5.11 Å². The Kier molecular flexibility index (Phi) is 5.52. The Morgan fingerprint density at radius 3 is 2.42 bits per heavy atom. The summed E-state index contributed by atoms with van der Waals surface area (Å²) in [5.41, 5.74) is 1.70. The summed E-state index contributed by atoms with van der Waals surface area (Å²) in [5, 5.41) is 9.12. The summed E-state index contributed by atoms with van der Waals surface area (Å²) in [7, 11) is -3.58. The molecule has 0 bridgehead atoms. The standard InChI is InChI=1S/C14H23NO3S/c1-5-13(9-16)15-19(17,18)14-8-12(10(2)3)7-6-11(14)4/h6-8,10,13,15-16H,5,9H2,1-4H3/t13-/m0/s1. The molecule has 5 heteroatoms. The minimum absolute atomic E-state index is 0.196. The average Bonchev–Trinajstić information content (AvgIpc) is 2.35. The normalized spacial score (nSPS) is 13.8. The van der Waals surface area contributed by atoms with Crippen LogP contribution in [0.15, 0.2) is 23.1 Å². The van der Waals surface area contributed by atoms with Gasteiger partial charge in [0.05, 0.1) is 11.5 Å². The molecule has 0 fully saturated rings. The molecule has 1 atom stereocenters. The molecule has 0 aliphatic heterocycles. The topological polar surface area (TPSA) is 66.4 Å². The first-order valence-corrected chi connectivity index (χ1v) is 8.03.